The Morgan fingerprint density at radius 3 is 2.87 bits per heavy atom. The van der Waals surface area contributed by atoms with Crippen molar-refractivity contribution in [1.29, 1.82) is 0 Å². The van der Waals surface area contributed by atoms with Crippen molar-refractivity contribution >= 4 is 5.91 Å². The second-order valence-corrected chi connectivity index (χ2v) is 6.11. The van der Waals surface area contributed by atoms with Gasteiger partial charge in [0, 0.05) is 26.3 Å². The van der Waals surface area contributed by atoms with Crippen LogP contribution in [0.25, 0.3) is 0 Å². The zero-order chi connectivity index (χ0) is 16.5. The number of hydrogen-bond acceptors (Lipinski definition) is 4. The number of aliphatic hydroxyl groups is 1. The summed E-state index contributed by atoms with van der Waals surface area (Å²) in [5.41, 5.74) is 2.19. The van der Waals surface area contributed by atoms with Crippen molar-refractivity contribution in [2.75, 3.05) is 26.8 Å². The quantitative estimate of drug-likeness (QED) is 0.765. The maximum Gasteiger partial charge on any atom is 0.234 e. The number of benzene rings is 1. The molecule has 1 aliphatic rings. The van der Waals surface area contributed by atoms with Gasteiger partial charge in [0.25, 0.3) is 0 Å². The lowest BCUT2D eigenvalue weighted by Gasteiger charge is -2.34. The van der Waals surface area contributed by atoms with E-state index in [0.717, 1.165) is 36.9 Å². The van der Waals surface area contributed by atoms with Crippen molar-refractivity contribution in [2.45, 2.75) is 44.9 Å². The van der Waals surface area contributed by atoms with Gasteiger partial charge in [0.2, 0.25) is 5.91 Å². The molecular weight excluding hydrogens is 292 g/mol. The van der Waals surface area contributed by atoms with Gasteiger partial charge >= 0.3 is 0 Å². The molecule has 1 aromatic carbocycles. The Kier molecular flexibility index (Phi) is 7.52. The predicted octanol–water partition coefficient (Wildman–Crippen LogP) is 1.69. The molecule has 0 aliphatic carbocycles. The van der Waals surface area contributed by atoms with Crippen LogP contribution in [0.1, 0.15) is 36.8 Å². The maximum atomic E-state index is 12.3. The number of amides is 1. The second-order valence-electron chi connectivity index (χ2n) is 6.11. The lowest BCUT2D eigenvalue weighted by molar-refractivity contribution is -0.123. The molecule has 128 valence electrons. The van der Waals surface area contributed by atoms with Crippen molar-refractivity contribution in [3.63, 3.8) is 0 Å². The minimum absolute atomic E-state index is 0.0436. The van der Waals surface area contributed by atoms with Gasteiger partial charge in [-0.2, -0.15) is 0 Å². The van der Waals surface area contributed by atoms with Crippen LogP contribution in [0.15, 0.2) is 24.3 Å². The molecule has 1 saturated heterocycles. The van der Waals surface area contributed by atoms with Crippen LogP contribution in [0.2, 0.25) is 0 Å². The fourth-order valence-electron chi connectivity index (χ4n) is 3.20. The topological polar surface area (TPSA) is 61.8 Å². The van der Waals surface area contributed by atoms with Crippen LogP contribution >= 0.6 is 0 Å². The number of hydrogen-bond donors (Lipinski definition) is 2. The molecule has 0 spiro atoms. The second kappa shape index (κ2) is 9.65. The van der Waals surface area contributed by atoms with Gasteiger partial charge in [0.15, 0.2) is 0 Å². The molecule has 1 fully saturated rings. The molecule has 1 heterocycles. The molecular formula is C18H28N2O3. The fraction of sp³-hybridized carbons (Fsp3) is 0.611. The van der Waals surface area contributed by atoms with Crippen LogP contribution < -0.4 is 5.32 Å². The Balaban J connectivity index is 1.85. The summed E-state index contributed by atoms with van der Waals surface area (Å²) in [5.74, 6) is 0.0436. The Labute approximate surface area is 138 Å². The van der Waals surface area contributed by atoms with Gasteiger partial charge in [-0.05, 0) is 36.9 Å². The van der Waals surface area contributed by atoms with Crippen molar-refractivity contribution < 1.29 is 14.6 Å². The van der Waals surface area contributed by atoms with E-state index in [4.69, 9.17) is 9.84 Å². The summed E-state index contributed by atoms with van der Waals surface area (Å²) < 4.78 is 5.19. The Morgan fingerprint density at radius 2 is 2.13 bits per heavy atom. The highest BCUT2D eigenvalue weighted by Crippen LogP contribution is 2.19. The number of carbonyl (C=O) groups excluding carboxylic acids is 1. The molecule has 2 N–H and O–H groups in total. The summed E-state index contributed by atoms with van der Waals surface area (Å²) in [6.45, 7) is 2.62. The van der Waals surface area contributed by atoms with E-state index in [2.05, 4.69) is 10.2 Å². The molecule has 2 rings (SSSR count). The summed E-state index contributed by atoms with van der Waals surface area (Å²) in [7, 11) is 1.67. The number of rotatable bonds is 8. The van der Waals surface area contributed by atoms with Crippen molar-refractivity contribution in [3.05, 3.63) is 35.4 Å². The van der Waals surface area contributed by atoms with E-state index in [1.165, 1.54) is 6.42 Å². The highest BCUT2D eigenvalue weighted by atomic mass is 16.5. The van der Waals surface area contributed by atoms with Crippen LogP contribution in [0.3, 0.4) is 0 Å². The summed E-state index contributed by atoms with van der Waals surface area (Å²) in [4.78, 5) is 14.5. The monoisotopic (exact) mass is 320 g/mol. The Morgan fingerprint density at radius 1 is 1.35 bits per heavy atom. The van der Waals surface area contributed by atoms with Crippen molar-refractivity contribution in [2.24, 2.45) is 0 Å². The standard InChI is InChI=1S/C18H28N2O3/c1-23-14-16-7-3-2-6-15(16)12-19-18(22)13-20-10-5-4-8-17(20)9-11-21/h2-3,6-7,17,21H,4-5,8-14H2,1H3,(H,19,22). The van der Waals surface area contributed by atoms with Crippen LogP contribution in [0.5, 0.6) is 0 Å². The molecule has 5 heteroatoms. The van der Waals surface area contributed by atoms with Crippen LogP contribution in [0, 0.1) is 0 Å². The molecule has 23 heavy (non-hydrogen) atoms. The molecule has 1 unspecified atom stereocenters. The number of likely N-dealkylation sites (tertiary alicyclic amines) is 1. The minimum atomic E-state index is 0.0436. The third kappa shape index (κ3) is 5.61. The Bertz CT molecular complexity index is 491. The highest BCUT2D eigenvalue weighted by molar-refractivity contribution is 5.78. The first kappa shape index (κ1) is 17.9. The number of nitrogens with zero attached hydrogens (tertiary/aromatic N) is 1. The SMILES string of the molecule is COCc1ccccc1CNC(=O)CN1CCCCC1CCO. The summed E-state index contributed by atoms with van der Waals surface area (Å²) in [5, 5.41) is 12.2. The molecule has 0 aromatic heterocycles. The minimum Gasteiger partial charge on any atom is -0.396 e. The van der Waals surface area contributed by atoms with E-state index in [1.54, 1.807) is 7.11 Å². The summed E-state index contributed by atoms with van der Waals surface area (Å²) >= 11 is 0. The molecule has 0 bridgehead atoms. The summed E-state index contributed by atoms with van der Waals surface area (Å²) in [6.07, 6.45) is 4.15. The van der Waals surface area contributed by atoms with Gasteiger partial charge in [-0.3, -0.25) is 9.69 Å². The van der Waals surface area contributed by atoms with Gasteiger partial charge in [0.1, 0.15) is 0 Å². The number of methoxy groups -OCH3 is 1. The van der Waals surface area contributed by atoms with E-state index in [-0.39, 0.29) is 12.5 Å². The Hall–Kier alpha value is -1.43. The lowest BCUT2D eigenvalue weighted by atomic mass is 9.99. The van der Waals surface area contributed by atoms with Crippen LogP contribution in [-0.2, 0) is 22.7 Å². The number of ether oxygens (including phenoxy) is 1. The molecule has 1 amide bonds. The van der Waals surface area contributed by atoms with Crippen molar-refractivity contribution in [1.82, 2.24) is 10.2 Å². The molecule has 0 saturated carbocycles. The van der Waals surface area contributed by atoms with Gasteiger partial charge < -0.3 is 15.2 Å². The number of nitrogens with one attached hydrogen (secondary N) is 1. The van der Waals surface area contributed by atoms with E-state index >= 15 is 0 Å². The molecule has 0 radical (unpaired) electrons. The first-order valence-electron chi connectivity index (χ1n) is 8.42. The first-order valence-corrected chi connectivity index (χ1v) is 8.42. The van der Waals surface area contributed by atoms with E-state index in [0.29, 0.717) is 25.7 Å². The van der Waals surface area contributed by atoms with Crippen LogP contribution in [0.4, 0.5) is 0 Å². The van der Waals surface area contributed by atoms with E-state index in [1.807, 2.05) is 24.3 Å². The van der Waals surface area contributed by atoms with E-state index < -0.39 is 0 Å². The first-order chi connectivity index (χ1) is 11.2. The maximum absolute atomic E-state index is 12.3. The fourth-order valence-corrected chi connectivity index (χ4v) is 3.20. The van der Waals surface area contributed by atoms with E-state index in [9.17, 15) is 4.79 Å². The lowest BCUT2D eigenvalue weighted by Crippen LogP contribution is -2.45. The average molecular weight is 320 g/mol. The van der Waals surface area contributed by atoms with Gasteiger partial charge in [-0.1, -0.05) is 30.7 Å². The normalized spacial score (nSPS) is 18.8. The largest absolute Gasteiger partial charge is 0.396 e. The molecule has 1 aliphatic heterocycles. The van der Waals surface area contributed by atoms with Gasteiger partial charge in [-0.25, -0.2) is 0 Å². The predicted molar refractivity (Wildman–Crippen MR) is 89.9 cm³/mol. The van der Waals surface area contributed by atoms with Gasteiger partial charge in [0.05, 0.1) is 13.2 Å². The number of carbonyl (C=O) groups is 1. The number of piperidine rings is 1. The zero-order valence-corrected chi connectivity index (χ0v) is 14.0. The molecule has 5 nitrogen and oxygen atoms in total. The van der Waals surface area contributed by atoms with Gasteiger partial charge in [-0.15, -0.1) is 0 Å². The zero-order valence-electron chi connectivity index (χ0n) is 14.0. The average Bonchev–Trinajstić information content (AvgIpc) is 2.56. The smallest absolute Gasteiger partial charge is 0.234 e. The third-order valence-electron chi connectivity index (χ3n) is 4.45. The third-order valence-corrected chi connectivity index (χ3v) is 4.45. The highest BCUT2D eigenvalue weighted by Gasteiger charge is 2.23. The van der Waals surface area contributed by atoms with Crippen LogP contribution in [-0.4, -0.2) is 48.8 Å². The number of aliphatic hydroxyl groups excluding tert-OH is 1. The summed E-state index contributed by atoms with van der Waals surface area (Å²) in [6, 6.07) is 8.33. The molecule has 1 aromatic rings. The van der Waals surface area contributed by atoms with Crippen molar-refractivity contribution in [3.8, 4) is 0 Å². The molecule has 1 atom stereocenters.